The molecule has 0 radical (unpaired) electrons. The summed E-state index contributed by atoms with van der Waals surface area (Å²) in [6.45, 7) is 3.33. The molecule has 36 heavy (non-hydrogen) atoms. The summed E-state index contributed by atoms with van der Waals surface area (Å²) in [6, 6.07) is 14.9. The number of amides is 1. The van der Waals surface area contributed by atoms with Crippen LogP contribution in [-0.4, -0.2) is 40.6 Å². The van der Waals surface area contributed by atoms with Gasteiger partial charge in [0.15, 0.2) is 0 Å². The summed E-state index contributed by atoms with van der Waals surface area (Å²) in [5.41, 5.74) is 1.60. The van der Waals surface area contributed by atoms with Crippen LogP contribution in [0, 0.1) is 0 Å². The molecule has 1 amide bonds. The van der Waals surface area contributed by atoms with Gasteiger partial charge in [-0.05, 0) is 37.1 Å². The van der Waals surface area contributed by atoms with Crippen molar-refractivity contribution in [2.45, 2.75) is 25.9 Å². The number of aromatic nitrogens is 4. The Kier molecular flexibility index (Phi) is 6.97. The van der Waals surface area contributed by atoms with Crippen molar-refractivity contribution >= 4 is 51.7 Å². The van der Waals surface area contributed by atoms with Gasteiger partial charge in [-0.3, -0.25) is 18.9 Å². The molecule has 8 nitrogen and oxygen atoms in total. The molecule has 1 saturated heterocycles. The van der Waals surface area contributed by atoms with E-state index in [0.717, 1.165) is 18.5 Å². The summed E-state index contributed by atoms with van der Waals surface area (Å²) in [6.07, 6.45) is 9.51. The predicted octanol–water partition coefficient (Wildman–Crippen LogP) is 4.36. The second-order valence-corrected chi connectivity index (χ2v) is 10.0. The van der Waals surface area contributed by atoms with Crippen LogP contribution in [0.4, 0.5) is 5.82 Å². The van der Waals surface area contributed by atoms with Gasteiger partial charge in [-0.2, -0.15) is 0 Å². The zero-order valence-electron chi connectivity index (χ0n) is 19.6. The van der Waals surface area contributed by atoms with Crippen LogP contribution in [0.5, 0.6) is 0 Å². The fraction of sp³-hybridized carbons (Fsp3) is 0.192. The molecular weight excluding hydrogens is 492 g/mol. The van der Waals surface area contributed by atoms with Gasteiger partial charge < -0.3 is 9.88 Å². The first kappa shape index (κ1) is 24.0. The number of nitrogens with one attached hydrogen (secondary N) is 1. The SMILES string of the molecule is C[C@@H](c1ccccc1)N1C(=O)/C(=C/c2c(NCCCn3ccnc3)nc3ccccn3c2=O)SC1=S. The van der Waals surface area contributed by atoms with Crippen LogP contribution in [-0.2, 0) is 11.3 Å². The summed E-state index contributed by atoms with van der Waals surface area (Å²) < 4.78 is 3.94. The van der Waals surface area contributed by atoms with Gasteiger partial charge in [0.25, 0.3) is 11.5 Å². The van der Waals surface area contributed by atoms with Crippen molar-refractivity contribution in [3.05, 3.63) is 99.8 Å². The van der Waals surface area contributed by atoms with E-state index in [1.165, 1.54) is 16.2 Å². The number of hydrogen-bond acceptors (Lipinski definition) is 7. The number of pyridine rings is 1. The molecule has 1 aromatic carbocycles. The summed E-state index contributed by atoms with van der Waals surface area (Å²) in [7, 11) is 0. The topological polar surface area (TPSA) is 84.5 Å². The van der Waals surface area contributed by atoms with E-state index < -0.39 is 0 Å². The van der Waals surface area contributed by atoms with E-state index in [0.29, 0.717) is 32.8 Å². The molecule has 5 rings (SSSR count). The van der Waals surface area contributed by atoms with Crippen molar-refractivity contribution in [3.63, 3.8) is 0 Å². The third-order valence-corrected chi connectivity index (χ3v) is 7.31. The monoisotopic (exact) mass is 516 g/mol. The molecule has 0 aliphatic carbocycles. The third-order valence-electron chi connectivity index (χ3n) is 5.98. The maximum absolute atomic E-state index is 13.4. The molecule has 1 fully saturated rings. The standard InChI is InChI=1S/C26H24N6O2S2/c1-18(19-8-3-2-4-9-19)32-25(34)21(36-26(32)35)16-20-23(28-11-7-13-30-15-12-27-17-30)29-22-10-5-6-14-31(22)24(20)33/h2-6,8-10,12,14-18,28H,7,11,13H2,1H3/b21-16-/t18-/m0/s1. The molecule has 1 aliphatic rings. The number of carbonyl (C=O) groups excluding carboxylic acids is 1. The molecule has 0 spiro atoms. The number of benzene rings is 1. The Bertz CT molecular complexity index is 1500. The van der Waals surface area contributed by atoms with Gasteiger partial charge in [0.05, 0.1) is 22.8 Å². The fourth-order valence-electron chi connectivity index (χ4n) is 4.08. The van der Waals surface area contributed by atoms with Crippen LogP contribution >= 0.6 is 24.0 Å². The van der Waals surface area contributed by atoms with Crippen LogP contribution < -0.4 is 10.9 Å². The second kappa shape index (κ2) is 10.5. The van der Waals surface area contributed by atoms with Crippen LogP contribution in [0.1, 0.15) is 30.5 Å². The lowest BCUT2D eigenvalue weighted by atomic mass is 10.1. The van der Waals surface area contributed by atoms with E-state index in [1.54, 1.807) is 41.8 Å². The van der Waals surface area contributed by atoms with Crippen LogP contribution in [0.15, 0.2) is 83.1 Å². The number of carbonyl (C=O) groups is 1. The van der Waals surface area contributed by atoms with Gasteiger partial charge in [-0.25, -0.2) is 9.97 Å². The molecule has 10 heteroatoms. The number of aryl methyl sites for hydroxylation is 1. The summed E-state index contributed by atoms with van der Waals surface area (Å²) in [5, 5.41) is 3.30. The first-order chi connectivity index (χ1) is 17.5. The average Bonchev–Trinajstić information content (AvgIpc) is 3.51. The number of fused-ring (bicyclic) bond motifs is 1. The maximum Gasteiger partial charge on any atom is 0.267 e. The molecule has 4 heterocycles. The van der Waals surface area contributed by atoms with Crippen molar-refractivity contribution in [1.82, 2.24) is 23.8 Å². The van der Waals surface area contributed by atoms with Crippen molar-refractivity contribution in [2.24, 2.45) is 0 Å². The van der Waals surface area contributed by atoms with Crippen molar-refractivity contribution in [3.8, 4) is 0 Å². The summed E-state index contributed by atoms with van der Waals surface area (Å²) in [4.78, 5) is 37.6. The molecule has 182 valence electrons. The number of imidazole rings is 1. The quantitative estimate of drug-likeness (QED) is 0.212. The second-order valence-electron chi connectivity index (χ2n) is 8.33. The predicted molar refractivity (Wildman–Crippen MR) is 147 cm³/mol. The minimum absolute atomic E-state index is 0.218. The smallest absolute Gasteiger partial charge is 0.267 e. The number of hydrogen-bond donors (Lipinski definition) is 1. The number of thioether (sulfide) groups is 1. The molecule has 4 aromatic rings. The Balaban J connectivity index is 1.45. The van der Waals surface area contributed by atoms with Crippen LogP contribution in [0.3, 0.4) is 0 Å². The fourth-order valence-corrected chi connectivity index (χ4v) is 5.48. The normalized spacial score (nSPS) is 15.7. The molecule has 1 atom stereocenters. The summed E-state index contributed by atoms with van der Waals surface area (Å²) in [5.74, 6) is 0.225. The number of nitrogens with zero attached hydrogens (tertiary/aromatic N) is 5. The molecule has 1 aliphatic heterocycles. The minimum Gasteiger partial charge on any atom is -0.369 e. The Morgan fingerprint density at radius 1 is 1.11 bits per heavy atom. The highest BCUT2D eigenvalue weighted by Gasteiger charge is 2.36. The Labute approximate surface area is 217 Å². The van der Waals surface area contributed by atoms with E-state index in [2.05, 4.69) is 15.3 Å². The van der Waals surface area contributed by atoms with Gasteiger partial charge in [0, 0.05) is 31.7 Å². The zero-order valence-corrected chi connectivity index (χ0v) is 21.2. The molecule has 0 saturated carbocycles. The summed E-state index contributed by atoms with van der Waals surface area (Å²) >= 11 is 6.76. The zero-order chi connectivity index (χ0) is 25.1. The molecule has 0 unspecified atom stereocenters. The molecule has 3 aromatic heterocycles. The van der Waals surface area contributed by atoms with Gasteiger partial charge in [0.2, 0.25) is 0 Å². The first-order valence-electron chi connectivity index (χ1n) is 11.6. The highest BCUT2D eigenvalue weighted by Crippen LogP contribution is 2.38. The molecule has 0 bridgehead atoms. The van der Waals surface area contributed by atoms with E-state index >= 15 is 0 Å². The average molecular weight is 517 g/mol. The number of anilines is 1. The molecule has 1 N–H and O–H groups in total. The van der Waals surface area contributed by atoms with Crippen LogP contribution in [0.25, 0.3) is 11.7 Å². The van der Waals surface area contributed by atoms with Crippen LogP contribution in [0.2, 0.25) is 0 Å². The van der Waals surface area contributed by atoms with E-state index in [1.807, 2.05) is 54.1 Å². The lowest BCUT2D eigenvalue weighted by molar-refractivity contribution is -0.123. The van der Waals surface area contributed by atoms with E-state index in [-0.39, 0.29) is 17.5 Å². The maximum atomic E-state index is 13.4. The minimum atomic E-state index is -0.251. The van der Waals surface area contributed by atoms with Gasteiger partial charge in [-0.15, -0.1) is 0 Å². The Morgan fingerprint density at radius 2 is 1.92 bits per heavy atom. The van der Waals surface area contributed by atoms with Crippen molar-refractivity contribution < 1.29 is 4.79 Å². The molecular formula is C26H24N6O2S2. The largest absolute Gasteiger partial charge is 0.369 e. The number of rotatable bonds is 8. The highest BCUT2D eigenvalue weighted by atomic mass is 32.2. The van der Waals surface area contributed by atoms with Gasteiger partial charge in [0.1, 0.15) is 15.8 Å². The lowest BCUT2D eigenvalue weighted by Crippen LogP contribution is -2.31. The Hall–Kier alpha value is -3.76. The lowest BCUT2D eigenvalue weighted by Gasteiger charge is -2.23. The Morgan fingerprint density at radius 3 is 2.69 bits per heavy atom. The van der Waals surface area contributed by atoms with Gasteiger partial charge in [-0.1, -0.05) is 60.4 Å². The third kappa shape index (κ3) is 4.82. The van der Waals surface area contributed by atoms with E-state index in [4.69, 9.17) is 12.2 Å². The van der Waals surface area contributed by atoms with Gasteiger partial charge >= 0.3 is 0 Å². The van der Waals surface area contributed by atoms with E-state index in [9.17, 15) is 9.59 Å². The first-order valence-corrected chi connectivity index (χ1v) is 12.8. The number of thiocarbonyl (C=S) groups is 1. The van der Waals surface area contributed by atoms with Crippen molar-refractivity contribution in [2.75, 3.05) is 11.9 Å². The van der Waals surface area contributed by atoms with Crippen molar-refractivity contribution in [1.29, 1.82) is 0 Å². The highest BCUT2D eigenvalue weighted by molar-refractivity contribution is 8.26.